The molecule has 0 aliphatic heterocycles. The van der Waals surface area contributed by atoms with Crippen molar-refractivity contribution in [2.75, 3.05) is 20.2 Å². The summed E-state index contributed by atoms with van der Waals surface area (Å²) in [6.07, 6.45) is 5.15. The van der Waals surface area contributed by atoms with Gasteiger partial charge in [-0.25, -0.2) is 0 Å². The third-order valence-corrected chi connectivity index (χ3v) is 3.66. The highest BCUT2D eigenvalue weighted by molar-refractivity contribution is 5.79. The largest absolute Gasteiger partial charge is 0.465 e. The van der Waals surface area contributed by atoms with E-state index in [4.69, 9.17) is 10.5 Å². The van der Waals surface area contributed by atoms with Crippen molar-refractivity contribution < 1.29 is 9.53 Å². The van der Waals surface area contributed by atoms with E-state index in [9.17, 15) is 4.79 Å². The summed E-state index contributed by atoms with van der Waals surface area (Å²) in [6, 6.07) is 0.624. The van der Waals surface area contributed by atoms with Crippen molar-refractivity contribution in [1.82, 2.24) is 4.90 Å². The van der Waals surface area contributed by atoms with Crippen molar-refractivity contribution >= 4 is 5.97 Å². The Hall–Kier alpha value is -0.610. The monoisotopic (exact) mass is 272 g/mol. The average molecular weight is 272 g/mol. The second-order valence-corrected chi connectivity index (χ2v) is 5.71. The Morgan fingerprint density at radius 3 is 2.53 bits per heavy atom. The molecule has 0 aromatic rings. The van der Waals surface area contributed by atoms with E-state index in [0.29, 0.717) is 19.1 Å². The molecule has 0 radical (unpaired) electrons. The highest BCUT2D eigenvalue weighted by Gasteiger charge is 2.29. The van der Waals surface area contributed by atoms with Crippen LogP contribution in [0.3, 0.4) is 0 Å². The topological polar surface area (TPSA) is 55.6 Å². The third kappa shape index (κ3) is 7.53. The molecule has 0 spiro atoms. The lowest BCUT2D eigenvalue weighted by atomic mass is 9.96. The van der Waals surface area contributed by atoms with Gasteiger partial charge in [0.05, 0.1) is 6.61 Å². The summed E-state index contributed by atoms with van der Waals surface area (Å²) in [5.74, 6) is -0.289. The normalized spacial score (nSPS) is 16.2. The fourth-order valence-corrected chi connectivity index (χ4v) is 2.11. The number of rotatable bonds is 10. The van der Waals surface area contributed by atoms with E-state index >= 15 is 0 Å². The van der Waals surface area contributed by atoms with Gasteiger partial charge in [0, 0.05) is 6.04 Å². The molecule has 0 bridgehead atoms. The molecule has 0 saturated carbocycles. The van der Waals surface area contributed by atoms with Gasteiger partial charge in [-0.15, -0.1) is 0 Å². The zero-order valence-electron chi connectivity index (χ0n) is 13.4. The van der Waals surface area contributed by atoms with Crippen LogP contribution in [-0.4, -0.2) is 42.6 Å². The molecule has 2 N–H and O–H groups in total. The van der Waals surface area contributed by atoms with Crippen LogP contribution in [0, 0.1) is 0 Å². The van der Waals surface area contributed by atoms with Gasteiger partial charge in [0.25, 0.3) is 0 Å². The highest BCUT2D eigenvalue weighted by atomic mass is 16.5. The van der Waals surface area contributed by atoms with Crippen molar-refractivity contribution in [3.63, 3.8) is 0 Å². The molecule has 2 unspecified atom stereocenters. The average Bonchev–Trinajstić information content (AvgIpc) is 2.35. The van der Waals surface area contributed by atoms with Crippen LogP contribution in [0.1, 0.15) is 59.8 Å². The number of nitrogens with two attached hydrogens (primary N) is 1. The quantitative estimate of drug-likeness (QED) is 0.490. The minimum Gasteiger partial charge on any atom is -0.465 e. The maximum absolute atomic E-state index is 11.6. The first-order chi connectivity index (χ1) is 8.85. The van der Waals surface area contributed by atoms with Crippen molar-refractivity contribution in [2.45, 2.75) is 71.4 Å². The molecule has 19 heavy (non-hydrogen) atoms. The van der Waals surface area contributed by atoms with Gasteiger partial charge >= 0.3 is 5.97 Å². The van der Waals surface area contributed by atoms with E-state index in [1.807, 2.05) is 0 Å². The first-order valence-electron chi connectivity index (χ1n) is 7.51. The van der Waals surface area contributed by atoms with Gasteiger partial charge in [-0.3, -0.25) is 4.79 Å². The van der Waals surface area contributed by atoms with Gasteiger partial charge in [-0.1, -0.05) is 13.3 Å². The SMILES string of the molecule is CCCC(C)N(C)CCCCC(C)(N)C(=O)OCC. The Bertz CT molecular complexity index is 255. The van der Waals surface area contributed by atoms with E-state index in [1.165, 1.54) is 12.8 Å². The Balaban J connectivity index is 3.87. The number of nitrogens with zero attached hydrogens (tertiary/aromatic N) is 1. The first-order valence-corrected chi connectivity index (χ1v) is 7.51. The number of carbonyl (C=O) groups is 1. The molecule has 0 aliphatic carbocycles. The summed E-state index contributed by atoms with van der Waals surface area (Å²) in [5, 5.41) is 0. The molecule has 4 heteroatoms. The van der Waals surface area contributed by atoms with E-state index in [-0.39, 0.29) is 5.97 Å². The summed E-state index contributed by atoms with van der Waals surface area (Å²) in [5.41, 5.74) is 5.14. The summed E-state index contributed by atoms with van der Waals surface area (Å²) in [4.78, 5) is 14.0. The smallest absolute Gasteiger partial charge is 0.325 e. The van der Waals surface area contributed by atoms with Gasteiger partial charge in [-0.05, 0) is 60.0 Å². The maximum Gasteiger partial charge on any atom is 0.325 e. The molecular formula is C15H32N2O2. The van der Waals surface area contributed by atoms with Gasteiger partial charge in [0.15, 0.2) is 0 Å². The van der Waals surface area contributed by atoms with Crippen LogP contribution >= 0.6 is 0 Å². The Morgan fingerprint density at radius 2 is 2.00 bits per heavy atom. The van der Waals surface area contributed by atoms with Crippen LogP contribution in [0.15, 0.2) is 0 Å². The number of carbonyl (C=O) groups excluding carboxylic acids is 1. The zero-order chi connectivity index (χ0) is 14.9. The van der Waals surface area contributed by atoms with E-state index in [0.717, 1.165) is 19.4 Å². The van der Waals surface area contributed by atoms with Crippen LogP contribution in [-0.2, 0) is 9.53 Å². The van der Waals surface area contributed by atoms with Crippen molar-refractivity contribution in [1.29, 1.82) is 0 Å². The number of hydrogen-bond acceptors (Lipinski definition) is 4. The third-order valence-electron chi connectivity index (χ3n) is 3.66. The molecule has 114 valence electrons. The first kappa shape index (κ1) is 18.4. The molecule has 0 fully saturated rings. The predicted octanol–water partition coefficient (Wildman–Crippen LogP) is 2.56. The van der Waals surface area contributed by atoms with Crippen molar-refractivity contribution in [3.8, 4) is 0 Å². The Kier molecular flexibility index (Phi) is 9.02. The Labute approximate surface area is 118 Å². The summed E-state index contributed by atoms with van der Waals surface area (Å²) in [7, 11) is 2.16. The van der Waals surface area contributed by atoms with Crippen LogP contribution < -0.4 is 5.73 Å². The Morgan fingerprint density at radius 1 is 1.37 bits per heavy atom. The van der Waals surface area contributed by atoms with E-state index in [2.05, 4.69) is 25.8 Å². The summed E-state index contributed by atoms with van der Waals surface area (Å²) >= 11 is 0. The number of ether oxygens (including phenoxy) is 1. The summed E-state index contributed by atoms with van der Waals surface area (Å²) < 4.78 is 4.98. The lowest BCUT2D eigenvalue weighted by Crippen LogP contribution is -2.46. The van der Waals surface area contributed by atoms with E-state index in [1.54, 1.807) is 13.8 Å². The second-order valence-electron chi connectivity index (χ2n) is 5.71. The van der Waals surface area contributed by atoms with Gasteiger partial charge in [-0.2, -0.15) is 0 Å². The van der Waals surface area contributed by atoms with Gasteiger partial charge in [0.1, 0.15) is 5.54 Å². The van der Waals surface area contributed by atoms with Crippen LogP contribution in [0.4, 0.5) is 0 Å². The summed E-state index contributed by atoms with van der Waals surface area (Å²) in [6.45, 7) is 9.48. The van der Waals surface area contributed by atoms with E-state index < -0.39 is 5.54 Å². The molecule has 2 atom stereocenters. The van der Waals surface area contributed by atoms with Crippen LogP contribution in [0.5, 0.6) is 0 Å². The van der Waals surface area contributed by atoms with Gasteiger partial charge < -0.3 is 15.4 Å². The van der Waals surface area contributed by atoms with Crippen molar-refractivity contribution in [3.05, 3.63) is 0 Å². The minimum atomic E-state index is -0.844. The number of unbranched alkanes of at least 4 members (excludes halogenated alkanes) is 1. The maximum atomic E-state index is 11.6. The fourth-order valence-electron chi connectivity index (χ4n) is 2.11. The molecular weight excluding hydrogens is 240 g/mol. The molecule has 0 heterocycles. The second kappa shape index (κ2) is 9.32. The van der Waals surface area contributed by atoms with Crippen LogP contribution in [0.25, 0.3) is 0 Å². The molecule has 0 rings (SSSR count). The molecule has 0 saturated heterocycles. The predicted molar refractivity (Wildman–Crippen MR) is 80.1 cm³/mol. The highest BCUT2D eigenvalue weighted by Crippen LogP contribution is 2.14. The molecule has 0 amide bonds. The minimum absolute atomic E-state index is 0.289. The standard InChI is InChI=1S/C15H32N2O2/c1-6-10-13(3)17(5)12-9-8-11-15(4,16)14(18)19-7-2/h13H,6-12,16H2,1-5H3. The number of hydrogen-bond donors (Lipinski definition) is 1. The lowest BCUT2D eigenvalue weighted by Gasteiger charge is -2.25. The zero-order valence-corrected chi connectivity index (χ0v) is 13.4. The van der Waals surface area contributed by atoms with Crippen molar-refractivity contribution in [2.24, 2.45) is 5.73 Å². The lowest BCUT2D eigenvalue weighted by molar-refractivity contribution is -0.149. The van der Waals surface area contributed by atoms with Crippen LogP contribution in [0.2, 0.25) is 0 Å². The van der Waals surface area contributed by atoms with Gasteiger partial charge in [0.2, 0.25) is 0 Å². The molecule has 0 aromatic carbocycles. The molecule has 4 nitrogen and oxygen atoms in total. The molecule has 0 aliphatic rings. The fraction of sp³-hybridized carbons (Fsp3) is 0.933. The number of esters is 1. The molecule has 0 aromatic heterocycles.